The summed E-state index contributed by atoms with van der Waals surface area (Å²) in [7, 11) is 0. The second-order valence-corrected chi connectivity index (χ2v) is 7.89. The van der Waals surface area contributed by atoms with E-state index in [9.17, 15) is 4.79 Å². The van der Waals surface area contributed by atoms with Crippen molar-refractivity contribution in [3.63, 3.8) is 0 Å². The molecule has 0 saturated heterocycles. The quantitative estimate of drug-likeness (QED) is 0.339. The van der Waals surface area contributed by atoms with Gasteiger partial charge in [-0.25, -0.2) is 0 Å². The molecule has 0 bridgehead atoms. The first kappa shape index (κ1) is 21.3. The number of rotatable bonds is 7. The Labute approximate surface area is 193 Å². The standard InChI is InChI=1S/C22H16Cl3N3O3/c23-15-2-4-17(5-3-15)30-13-18-6-8-21(31-18)22(29)27-16-10-26-28(12-16)11-14-1-7-19(24)20(25)9-14/h1-10,12H,11,13H2,(H,27,29). The fourth-order valence-electron chi connectivity index (χ4n) is 2.80. The minimum atomic E-state index is -0.383. The van der Waals surface area contributed by atoms with Crippen molar-refractivity contribution in [1.29, 1.82) is 0 Å². The van der Waals surface area contributed by atoms with Crippen LogP contribution in [0.4, 0.5) is 5.69 Å². The fourth-order valence-corrected chi connectivity index (χ4v) is 3.24. The lowest BCUT2D eigenvalue weighted by Crippen LogP contribution is -2.10. The van der Waals surface area contributed by atoms with Crippen LogP contribution in [0.3, 0.4) is 0 Å². The highest BCUT2D eigenvalue weighted by atomic mass is 35.5. The Bertz CT molecular complexity index is 1200. The van der Waals surface area contributed by atoms with Crippen molar-refractivity contribution in [3.8, 4) is 5.75 Å². The van der Waals surface area contributed by atoms with Crippen molar-refractivity contribution in [2.24, 2.45) is 0 Å². The third-order valence-corrected chi connectivity index (χ3v) is 5.29. The van der Waals surface area contributed by atoms with E-state index < -0.39 is 0 Å². The van der Waals surface area contributed by atoms with E-state index >= 15 is 0 Å². The Hall–Kier alpha value is -2.93. The third-order valence-electron chi connectivity index (χ3n) is 4.30. The Morgan fingerprint density at radius 1 is 1.03 bits per heavy atom. The summed E-state index contributed by atoms with van der Waals surface area (Å²) in [5.41, 5.74) is 1.48. The third kappa shape index (κ3) is 5.61. The first-order valence-corrected chi connectivity index (χ1v) is 10.3. The van der Waals surface area contributed by atoms with E-state index in [0.717, 1.165) is 5.56 Å². The highest BCUT2D eigenvalue weighted by Gasteiger charge is 2.13. The topological polar surface area (TPSA) is 69.3 Å². The van der Waals surface area contributed by atoms with E-state index in [4.69, 9.17) is 44.0 Å². The van der Waals surface area contributed by atoms with Crippen LogP contribution in [0.5, 0.6) is 5.75 Å². The summed E-state index contributed by atoms with van der Waals surface area (Å²) in [6.45, 7) is 0.677. The normalized spacial score (nSPS) is 10.8. The Balaban J connectivity index is 1.33. The maximum Gasteiger partial charge on any atom is 0.291 e. The minimum Gasteiger partial charge on any atom is -0.486 e. The summed E-state index contributed by atoms with van der Waals surface area (Å²) in [4.78, 5) is 12.5. The van der Waals surface area contributed by atoms with Crippen LogP contribution in [0.15, 0.2) is 71.4 Å². The van der Waals surface area contributed by atoms with Crippen molar-refractivity contribution >= 4 is 46.4 Å². The lowest BCUT2D eigenvalue weighted by molar-refractivity contribution is 0.0992. The van der Waals surface area contributed by atoms with Crippen molar-refractivity contribution in [2.45, 2.75) is 13.2 Å². The lowest BCUT2D eigenvalue weighted by atomic mass is 10.2. The number of carbonyl (C=O) groups is 1. The number of hydrogen-bond donors (Lipinski definition) is 1. The molecule has 0 radical (unpaired) electrons. The maximum absolute atomic E-state index is 12.5. The van der Waals surface area contributed by atoms with Crippen LogP contribution < -0.4 is 10.1 Å². The van der Waals surface area contributed by atoms with Crippen LogP contribution in [0.2, 0.25) is 15.1 Å². The van der Waals surface area contributed by atoms with Gasteiger partial charge in [-0.05, 0) is 54.1 Å². The zero-order valence-electron chi connectivity index (χ0n) is 16.0. The van der Waals surface area contributed by atoms with Gasteiger partial charge in [0.2, 0.25) is 0 Å². The summed E-state index contributed by atoms with van der Waals surface area (Å²) in [5, 5.41) is 8.62. The molecule has 0 fully saturated rings. The van der Waals surface area contributed by atoms with Crippen LogP contribution in [0.1, 0.15) is 21.9 Å². The summed E-state index contributed by atoms with van der Waals surface area (Å²) in [6, 6.07) is 15.7. The molecule has 6 nitrogen and oxygen atoms in total. The lowest BCUT2D eigenvalue weighted by Gasteiger charge is -2.04. The molecule has 2 aromatic heterocycles. The van der Waals surface area contributed by atoms with Gasteiger partial charge in [-0.1, -0.05) is 40.9 Å². The number of furan rings is 1. The molecule has 2 heterocycles. The molecule has 0 saturated carbocycles. The molecule has 9 heteroatoms. The van der Waals surface area contributed by atoms with E-state index in [1.165, 1.54) is 0 Å². The van der Waals surface area contributed by atoms with Crippen LogP contribution in [0, 0.1) is 0 Å². The number of ether oxygens (including phenoxy) is 1. The van der Waals surface area contributed by atoms with Gasteiger partial charge < -0.3 is 14.5 Å². The Morgan fingerprint density at radius 2 is 1.84 bits per heavy atom. The number of carbonyl (C=O) groups excluding carboxylic acids is 1. The summed E-state index contributed by atoms with van der Waals surface area (Å²) in [6.07, 6.45) is 3.27. The number of nitrogens with one attached hydrogen (secondary N) is 1. The molecule has 0 aliphatic heterocycles. The average Bonchev–Trinajstić information content (AvgIpc) is 3.40. The van der Waals surface area contributed by atoms with Gasteiger partial charge in [-0.15, -0.1) is 0 Å². The zero-order valence-corrected chi connectivity index (χ0v) is 18.3. The largest absolute Gasteiger partial charge is 0.486 e. The van der Waals surface area contributed by atoms with E-state index in [1.54, 1.807) is 65.6 Å². The monoisotopic (exact) mass is 475 g/mol. The van der Waals surface area contributed by atoms with Gasteiger partial charge in [0.05, 0.1) is 28.5 Å². The van der Waals surface area contributed by atoms with Crippen LogP contribution in [0.25, 0.3) is 0 Å². The van der Waals surface area contributed by atoms with Crippen molar-refractivity contribution in [1.82, 2.24) is 9.78 Å². The van der Waals surface area contributed by atoms with Gasteiger partial charge in [-0.3, -0.25) is 9.48 Å². The Kier molecular flexibility index (Phi) is 6.51. The molecular weight excluding hydrogens is 461 g/mol. The highest BCUT2D eigenvalue weighted by molar-refractivity contribution is 6.42. The van der Waals surface area contributed by atoms with E-state index in [0.29, 0.717) is 38.8 Å². The molecule has 1 N–H and O–H groups in total. The number of aromatic nitrogens is 2. The molecule has 31 heavy (non-hydrogen) atoms. The van der Waals surface area contributed by atoms with Gasteiger partial charge in [0.15, 0.2) is 5.76 Å². The first-order chi connectivity index (χ1) is 15.0. The first-order valence-electron chi connectivity index (χ1n) is 9.21. The predicted molar refractivity (Wildman–Crippen MR) is 120 cm³/mol. The molecule has 0 atom stereocenters. The Morgan fingerprint density at radius 3 is 2.61 bits per heavy atom. The second-order valence-electron chi connectivity index (χ2n) is 6.64. The summed E-state index contributed by atoms with van der Waals surface area (Å²) < 4.78 is 12.9. The molecule has 2 aromatic carbocycles. The SMILES string of the molecule is O=C(Nc1cnn(Cc2ccc(Cl)c(Cl)c2)c1)c1ccc(COc2ccc(Cl)cc2)o1. The van der Waals surface area contributed by atoms with Crippen LogP contribution >= 0.6 is 34.8 Å². The number of benzene rings is 2. The second kappa shape index (κ2) is 9.47. The van der Waals surface area contributed by atoms with E-state index in [-0.39, 0.29) is 18.3 Å². The maximum atomic E-state index is 12.5. The predicted octanol–water partition coefficient (Wildman–Crippen LogP) is 6.32. The van der Waals surface area contributed by atoms with Crippen LogP contribution in [-0.2, 0) is 13.2 Å². The summed E-state index contributed by atoms with van der Waals surface area (Å²) in [5.74, 6) is 0.968. The van der Waals surface area contributed by atoms with Crippen LogP contribution in [-0.4, -0.2) is 15.7 Å². The number of amides is 1. The molecule has 0 spiro atoms. The minimum absolute atomic E-state index is 0.173. The smallest absolute Gasteiger partial charge is 0.291 e. The van der Waals surface area contributed by atoms with Gasteiger partial charge in [0.1, 0.15) is 18.1 Å². The molecule has 1 amide bonds. The van der Waals surface area contributed by atoms with Crippen molar-refractivity contribution < 1.29 is 13.9 Å². The fraction of sp³-hybridized carbons (Fsp3) is 0.0909. The van der Waals surface area contributed by atoms with Gasteiger partial charge in [-0.2, -0.15) is 5.10 Å². The molecule has 4 rings (SSSR count). The molecular formula is C22H16Cl3N3O3. The van der Waals surface area contributed by atoms with E-state index in [1.807, 2.05) is 6.07 Å². The van der Waals surface area contributed by atoms with Gasteiger partial charge in [0.25, 0.3) is 5.91 Å². The molecule has 158 valence electrons. The van der Waals surface area contributed by atoms with E-state index in [2.05, 4.69) is 10.4 Å². The average molecular weight is 477 g/mol. The number of hydrogen-bond acceptors (Lipinski definition) is 4. The molecule has 0 unspecified atom stereocenters. The molecule has 0 aliphatic carbocycles. The zero-order chi connectivity index (χ0) is 21.8. The van der Waals surface area contributed by atoms with Crippen molar-refractivity contribution in [2.75, 3.05) is 5.32 Å². The van der Waals surface area contributed by atoms with Gasteiger partial charge >= 0.3 is 0 Å². The number of nitrogens with zero attached hydrogens (tertiary/aromatic N) is 2. The summed E-state index contributed by atoms with van der Waals surface area (Å²) >= 11 is 17.8. The van der Waals surface area contributed by atoms with Gasteiger partial charge in [0, 0.05) is 11.2 Å². The highest BCUT2D eigenvalue weighted by Crippen LogP contribution is 2.23. The van der Waals surface area contributed by atoms with Crippen molar-refractivity contribution in [3.05, 3.63) is 99.1 Å². The number of anilines is 1. The molecule has 4 aromatic rings. The molecule has 0 aliphatic rings. The number of halogens is 3.